The number of nitrogens with one attached hydrogen (secondary N) is 2. The fraction of sp³-hybridized carbons (Fsp3) is 0.125. The van der Waals surface area contributed by atoms with E-state index < -0.39 is 6.03 Å². The Morgan fingerprint density at radius 3 is 2.39 bits per heavy atom. The van der Waals surface area contributed by atoms with Crippen molar-refractivity contribution in [2.75, 3.05) is 26.0 Å². The quantitative estimate of drug-likeness (QED) is 0.352. The van der Waals surface area contributed by atoms with Gasteiger partial charge in [-0.2, -0.15) is 0 Å². The number of thiophene rings is 1. The molecule has 170 valence electrons. The Labute approximate surface area is 200 Å². The van der Waals surface area contributed by atoms with Crippen LogP contribution in [-0.2, 0) is 9.59 Å². The molecule has 0 aliphatic heterocycles. The predicted octanol–water partition coefficient (Wildman–Crippen LogP) is 4.90. The zero-order valence-electron chi connectivity index (χ0n) is 18.0. The molecule has 9 heteroatoms. The van der Waals surface area contributed by atoms with Crippen molar-refractivity contribution in [3.63, 3.8) is 0 Å². The molecule has 33 heavy (non-hydrogen) atoms. The number of halogens is 1. The molecule has 2 aromatic carbocycles. The van der Waals surface area contributed by atoms with Crippen LogP contribution in [0.15, 0.2) is 66.4 Å². The van der Waals surface area contributed by atoms with Crippen LogP contribution in [0.4, 0.5) is 10.5 Å². The first-order valence-corrected chi connectivity index (χ1v) is 11.1. The molecule has 3 rings (SSSR count). The van der Waals surface area contributed by atoms with E-state index in [1.807, 2.05) is 36.4 Å². The first kappa shape index (κ1) is 24.0. The van der Waals surface area contributed by atoms with E-state index in [-0.39, 0.29) is 18.1 Å². The number of urea groups is 1. The van der Waals surface area contributed by atoms with Crippen molar-refractivity contribution >= 4 is 52.9 Å². The van der Waals surface area contributed by atoms with Crippen LogP contribution in [-0.4, -0.2) is 43.8 Å². The Morgan fingerprint density at radius 1 is 1.06 bits per heavy atom. The van der Waals surface area contributed by atoms with Gasteiger partial charge in [0, 0.05) is 27.5 Å². The van der Waals surface area contributed by atoms with E-state index in [1.165, 1.54) is 23.3 Å². The number of carbonyl (C=O) groups excluding carboxylic acids is 3. The molecule has 0 bridgehead atoms. The Balaban J connectivity index is 1.58. The number of nitrogens with zero attached hydrogens (tertiary/aromatic N) is 1. The van der Waals surface area contributed by atoms with Crippen molar-refractivity contribution in [1.82, 2.24) is 10.2 Å². The van der Waals surface area contributed by atoms with Gasteiger partial charge in [-0.25, -0.2) is 4.79 Å². The summed E-state index contributed by atoms with van der Waals surface area (Å²) >= 11 is 7.40. The molecule has 0 radical (unpaired) electrons. The molecule has 3 aromatic rings. The smallest absolute Gasteiger partial charge is 0.322 e. The van der Waals surface area contributed by atoms with Crippen LogP contribution in [0.25, 0.3) is 16.5 Å². The average molecular weight is 484 g/mol. The SMILES string of the molecule is COc1ccc(NC(=O)CN(C)C(=O)N/C(C=O)=C\c2ccc(-c3ccc(Cl)cc3)s2)cc1. The molecule has 7 nitrogen and oxygen atoms in total. The van der Waals surface area contributed by atoms with Gasteiger partial charge < -0.3 is 20.3 Å². The van der Waals surface area contributed by atoms with Gasteiger partial charge in [-0.3, -0.25) is 9.59 Å². The monoisotopic (exact) mass is 483 g/mol. The van der Waals surface area contributed by atoms with Crippen LogP contribution in [0.2, 0.25) is 5.02 Å². The number of hydrogen-bond acceptors (Lipinski definition) is 5. The summed E-state index contributed by atoms with van der Waals surface area (Å²) in [5.74, 6) is 0.295. The highest BCUT2D eigenvalue weighted by atomic mass is 35.5. The summed E-state index contributed by atoms with van der Waals surface area (Å²) in [6.45, 7) is -0.191. The predicted molar refractivity (Wildman–Crippen MR) is 132 cm³/mol. The van der Waals surface area contributed by atoms with Gasteiger partial charge in [0.1, 0.15) is 12.3 Å². The van der Waals surface area contributed by atoms with Crippen molar-refractivity contribution in [2.45, 2.75) is 0 Å². The van der Waals surface area contributed by atoms with Gasteiger partial charge in [-0.05, 0) is 60.2 Å². The minimum absolute atomic E-state index is 0.0897. The maximum absolute atomic E-state index is 12.4. The molecule has 2 N–H and O–H groups in total. The first-order valence-electron chi connectivity index (χ1n) is 9.86. The highest BCUT2D eigenvalue weighted by Crippen LogP contribution is 2.30. The maximum atomic E-state index is 12.4. The molecule has 0 atom stereocenters. The number of amides is 3. The minimum atomic E-state index is -0.576. The normalized spacial score (nSPS) is 10.9. The Hall–Kier alpha value is -3.62. The molecule has 0 aliphatic rings. The van der Waals surface area contributed by atoms with E-state index >= 15 is 0 Å². The van der Waals surface area contributed by atoms with Gasteiger partial charge in [0.25, 0.3) is 0 Å². The van der Waals surface area contributed by atoms with Crippen LogP contribution >= 0.6 is 22.9 Å². The van der Waals surface area contributed by atoms with Crippen LogP contribution in [0.1, 0.15) is 4.88 Å². The van der Waals surface area contributed by atoms with E-state index in [9.17, 15) is 14.4 Å². The average Bonchev–Trinajstić information content (AvgIpc) is 3.27. The molecule has 0 saturated carbocycles. The largest absolute Gasteiger partial charge is 0.497 e. The summed E-state index contributed by atoms with van der Waals surface area (Å²) in [4.78, 5) is 39.1. The lowest BCUT2D eigenvalue weighted by molar-refractivity contribution is -0.116. The zero-order valence-corrected chi connectivity index (χ0v) is 19.6. The van der Waals surface area contributed by atoms with Crippen molar-refractivity contribution in [3.8, 4) is 16.2 Å². The van der Waals surface area contributed by atoms with E-state index in [0.29, 0.717) is 22.7 Å². The second kappa shape index (κ2) is 11.3. The first-order chi connectivity index (χ1) is 15.9. The third-order valence-corrected chi connectivity index (χ3v) is 5.87. The number of benzene rings is 2. The fourth-order valence-electron chi connectivity index (χ4n) is 2.83. The van der Waals surface area contributed by atoms with Crippen LogP contribution in [0.3, 0.4) is 0 Å². The van der Waals surface area contributed by atoms with Gasteiger partial charge >= 0.3 is 6.03 Å². The number of anilines is 1. The highest BCUT2D eigenvalue weighted by molar-refractivity contribution is 7.16. The number of carbonyl (C=O) groups is 3. The highest BCUT2D eigenvalue weighted by Gasteiger charge is 2.14. The molecular formula is C24H22ClN3O4S. The minimum Gasteiger partial charge on any atom is -0.497 e. The van der Waals surface area contributed by atoms with Crippen LogP contribution < -0.4 is 15.4 Å². The number of aldehydes is 1. The van der Waals surface area contributed by atoms with Gasteiger partial charge in [-0.15, -0.1) is 11.3 Å². The fourth-order valence-corrected chi connectivity index (χ4v) is 3.93. The number of allylic oxidation sites excluding steroid dienone is 1. The van der Waals surface area contributed by atoms with Crippen LogP contribution in [0, 0.1) is 0 Å². The third-order valence-electron chi connectivity index (χ3n) is 4.53. The Bertz CT molecular complexity index is 1160. The Kier molecular flexibility index (Phi) is 8.23. The summed E-state index contributed by atoms with van der Waals surface area (Å²) < 4.78 is 5.08. The van der Waals surface area contributed by atoms with Crippen LogP contribution in [0.5, 0.6) is 5.75 Å². The molecule has 0 saturated heterocycles. The lowest BCUT2D eigenvalue weighted by atomic mass is 10.2. The second-order valence-corrected chi connectivity index (χ2v) is 8.54. The molecular weight excluding hydrogens is 462 g/mol. The van der Waals surface area contributed by atoms with Gasteiger partial charge in [0.05, 0.1) is 12.8 Å². The standard InChI is InChI=1S/C24H22ClN3O4S/c1-28(14-23(30)26-18-7-9-20(32-2)10-8-18)24(31)27-19(15-29)13-21-11-12-22(33-21)16-3-5-17(25)6-4-16/h3-13,15H,14H2,1-2H3,(H,26,30)(H,27,31)/b19-13-. The number of ether oxygens (including phenoxy) is 1. The molecule has 0 spiro atoms. The van der Waals surface area contributed by atoms with E-state index in [0.717, 1.165) is 15.3 Å². The molecule has 3 amide bonds. The molecule has 1 heterocycles. The summed E-state index contributed by atoms with van der Waals surface area (Å²) in [5, 5.41) is 5.89. The number of rotatable bonds is 8. The van der Waals surface area contributed by atoms with Crippen molar-refractivity contribution in [1.29, 1.82) is 0 Å². The van der Waals surface area contributed by atoms with Gasteiger partial charge in [0.15, 0.2) is 6.29 Å². The van der Waals surface area contributed by atoms with Crippen molar-refractivity contribution in [2.24, 2.45) is 0 Å². The lowest BCUT2D eigenvalue weighted by Crippen LogP contribution is -2.41. The third kappa shape index (κ3) is 6.93. The summed E-state index contributed by atoms with van der Waals surface area (Å²) in [5.41, 5.74) is 1.67. The van der Waals surface area contributed by atoms with E-state index in [2.05, 4.69) is 10.6 Å². The summed E-state index contributed by atoms with van der Waals surface area (Å²) in [6, 6.07) is 17.5. The number of likely N-dealkylation sites (N-methyl/N-ethyl adjacent to an activating group) is 1. The molecule has 0 fully saturated rings. The Morgan fingerprint density at radius 2 is 1.76 bits per heavy atom. The second-order valence-electron chi connectivity index (χ2n) is 6.99. The van der Waals surface area contributed by atoms with E-state index in [4.69, 9.17) is 16.3 Å². The lowest BCUT2D eigenvalue weighted by Gasteiger charge is -2.17. The molecule has 0 aliphatic carbocycles. The van der Waals surface area contributed by atoms with Crippen molar-refractivity contribution in [3.05, 3.63) is 76.3 Å². The summed E-state index contributed by atoms with van der Waals surface area (Å²) in [7, 11) is 3.02. The zero-order chi connectivity index (χ0) is 23.8. The van der Waals surface area contributed by atoms with Gasteiger partial charge in [-0.1, -0.05) is 23.7 Å². The molecule has 0 unspecified atom stereocenters. The topological polar surface area (TPSA) is 87.7 Å². The van der Waals surface area contributed by atoms with Crippen molar-refractivity contribution < 1.29 is 19.1 Å². The number of methoxy groups -OCH3 is 1. The summed E-state index contributed by atoms with van der Waals surface area (Å²) in [6.07, 6.45) is 2.14. The van der Waals surface area contributed by atoms with E-state index in [1.54, 1.807) is 37.5 Å². The molecule has 1 aromatic heterocycles. The maximum Gasteiger partial charge on any atom is 0.322 e. The number of hydrogen-bond donors (Lipinski definition) is 2. The van der Waals surface area contributed by atoms with Gasteiger partial charge in [0.2, 0.25) is 5.91 Å².